The Kier molecular flexibility index (Phi) is 11.7. The fourth-order valence-electron chi connectivity index (χ4n) is 3.63. The summed E-state index contributed by atoms with van der Waals surface area (Å²) in [5, 5.41) is 3.94. The molecule has 0 atom stereocenters. The van der Waals surface area contributed by atoms with Crippen molar-refractivity contribution in [1.29, 1.82) is 0 Å². The Balaban J connectivity index is 1.76. The first-order valence-electron chi connectivity index (χ1n) is 11.7. The summed E-state index contributed by atoms with van der Waals surface area (Å²) >= 11 is 0. The quantitative estimate of drug-likeness (QED) is 0.144. The zero-order valence-corrected chi connectivity index (χ0v) is 21.6. The highest BCUT2D eigenvalue weighted by molar-refractivity contribution is 7.92. The molecule has 6 nitrogen and oxygen atoms in total. The minimum absolute atomic E-state index is 0.0902. The van der Waals surface area contributed by atoms with Gasteiger partial charge in [-0.25, -0.2) is 8.42 Å². The van der Waals surface area contributed by atoms with Crippen LogP contribution in [0.2, 0.25) is 0 Å². The molecule has 2 aromatic carbocycles. The molecule has 0 unspecified atom stereocenters. The van der Waals surface area contributed by atoms with Crippen molar-refractivity contribution in [2.24, 2.45) is 5.16 Å². The second-order valence-corrected chi connectivity index (χ2v) is 10.5. The van der Waals surface area contributed by atoms with Crippen molar-refractivity contribution in [2.45, 2.75) is 46.5 Å². The van der Waals surface area contributed by atoms with Crippen LogP contribution in [-0.2, 0) is 21.1 Å². The molecule has 0 aliphatic rings. The molecule has 0 fully saturated rings. The van der Waals surface area contributed by atoms with Crippen molar-refractivity contribution >= 4 is 15.5 Å². The van der Waals surface area contributed by atoms with Crippen LogP contribution in [0, 0.1) is 13.8 Å². The van der Waals surface area contributed by atoms with Crippen molar-refractivity contribution in [1.82, 2.24) is 0 Å². The van der Waals surface area contributed by atoms with Gasteiger partial charge in [0, 0.05) is 6.42 Å². The predicted molar refractivity (Wildman–Crippen MR) is 139 cm³/mol. The SMILES string of the molecule is C/C=C/COc1cc(C)c(OCCCCCS(=O)(=O)C/C(Cc2ccccc2)=N/OC)c(C)c1. The molecule has 0 radical (unpaired) electrons. The lowest BCUT2D eigenvalue weighted by Gasteiger charge is -2.14. The lowest BCUT2D eigenvalue weighted by molar-refractivity contribution is 0.212. The number of oxime groups is 1. The summed E-state index contributed by atoms with van der Waals surface area (Å²) in [5.74, 6) is 1.73. The van der Waals surface area contributed by atoms with Gasteiger partial charge in [-0.05, 0) is 68.9 Å². The van der Waals surface area contributed by atoms with Gasteiger partial charge in [0.15, 0.2) is 9.84 Å². The van der Waals surface area contributed by atoms with Crippen molar-refractivity contribution in [2.75, 3.05) is 31.8 Å². The van der Waals surface area contributed by atoms with Crippen molar-refractivity contribution in [3.8, 4) is 11.5 Å². The second-order valence-electron chi connectivity index (χ2n) is 8.27. The van der Waals surface area contributed by atoms with Crippen LogP contribution in [0.4, 0.5) is 0 Å². The summed E-state index contributed by atoms with van der Waals surface area (Å²) in [5.41, 5.74) is 3.58. The van der Waals surface area contributed by atoms with E-state index < -0.39 is 9.84 Å². The van der Waals surface area contributed by atoms with Crippen LogP contribution >= 0.6 is 0 Å². The number of rotatable bonds is 15. The van der Waals surface area contributed by atoms with Gasteiger partial charge in [-0.3, -0.25) is 0 Å². The molecule has 0 amide bonds. The molecular formula is C27H37NO5S. The Morgan fingerprint density at radius 1 is 1.00 bits per heavy atom. The Morgan fingerprint density at radius 3 is 2.35 bits per heavy atom. The van der Waals surface area contributed by atoms with Gasteiger partial charge in [0.05, 0.1) is 23.8 Å². The van der Waals surface area contributed by atoms with Crippen LogP contribution in [0.15, 0.2) is 59.8 Å². The second kappa shape index (κ2) is 14.5. The maximum Gasteiger partial charge on any atom is 0.155 e. The van der Waals surface area contributed by atoms with Crippen LogP contribution in [0.1, 0.15) is 42.9 Å². The number of benzene rings is 2. The van der Waals surface area contributed by atoms with Gasteiger partial charge in [-0.1, -0.05) is 47.6 Å². The topological polar surface area (TPSA) is 74.2 Å². The number of ether oxygens (including phenoxy) is 2. The Bertz CT molecular complexity index is 1020. The maximum atomic E-state index is 12.6. The molecule has 7 heteroatoms. The summed E-state index contributed by atoms with van der Waals surface area (Å²) in [6, 6.07) is 13.6. The number of sulfone groups is 1. The summed E-state index contributed by atoms with van der Waals surface area (Å²) in [7, 11) is -1.82. The third-order valence-corrected chi connectivity index (χ3v) is 6.90. The van der Waals surface area contributed by atoms with Gasteiger partial charge in [0.25, 0.3) is 0 Å². The van der Waals surface area contributed by atoms with E-state index >= 15 is 0 Å². The van der Waals surface area contributed by atoms with Gasteiger partial charge in [0.2, 0.25) is 0 Å². The van der Waals surface area contributed by atoms with Gasteiger partial charge < -0.3 is 14.3 Å². The van der Waals surface area contributed by atoms with E-state index in [-0.39, 0.29) is 11.5 Å². The van der Waals surface area contributed by atoms with Crippen LogP contribution < -0.4 is 9.47 Å². The number of allylic oxidation sites excluding steroid dienone is 1. The average Bonchev–Trinajstić information content (AvgIpc) is 2.78. The Labute approximate surface area is 204 Å². The molecule has 0 aliphatic heterocycles. The minimum atomic E-state index is -3.26. The molecule has 2 rings (SSSR count). The minimum Gasteiger partial charge on any atom is -0.493 e. The zero-order chi connectivity index (χ0) is 24.8. The summed E-state index contributed by atoms with van der Waals surface area (Å²) < 4.78 is 36.9. The Hall–Kier alpha value is -2.80. The average molecular weight is 488 g/mol. The number of aryl methyl sites for hydroxylation is 2. The summed E-state index contributed by atoms with van der Waals surface area (Å²) in [6.45, 7) is 7.07. The first-order chi connectivity index (χ1) is 16.3. The fraction of sp³-hybridized carbons (Fsp3) is 0.444. The summed E-state index contributed by atoms with van der Waals surface area (Å²) in [4.78, 5) is 4.87. The first-order valence-corrected chi connectivity index (χ1v) is 13.5. The van der Waals surface area contributed by atoms with Crippen LogP contribution in [-0.4, -0.2) is 46.0 Å². The van der Waals surface area contributed by atoms with E-state index in [1.54, 1.807) is 0 Å². The lowest BCUT2D eigenvalue weighted by Crippen LogP contribution is -2.21. The molecule has 0 saturated heterocycles. The largest absolute Gasteiger partial charge is 0.493 e. The smallest absolute Gasteiger partial charge is 0.155 e. The number of hydrogen-bond donors (Lipinski definition) is 0. The van der Waals surface area contributed by atoms with E-state index in [0.29, 0.717) is 31.8 Å². The molecule has 34 heavy (non-hydrogen) atoms. The lowest BCUT2D eigenvalue weighted by atomic mass is 10.1. The van der Waals surface area contributed by atoms with Gasteiger partial charge in [-0.2, -0.15) is 0 Å². The molecule has 186 valence electrons. The van der Waals surface area contributed by atoms with E-state index in [0.717, 1.165) is 41.0 Å². The molecule has 0 saturated carbocycles. The third kappa shape index (κ3) is 10.00. The standard InChI is InChI=1S/C27H37NO5S/c1-5-6-15-32-26-18-22(2)27(23(3)19-26)33-16-11-8-12-17-34(29,30)21-25(28-31-4)20-24-13-9-7-10-14-24/h5-7,9-10,13-14,18-19H,8,11-12,15-17,20-21H2,1-4H3/b6-5+,28-25+. The van der Waals surface area contributed by atoms with Crippen molar-refractivity contribution in [3.63, 3.8) is 0 Å². The molecule has 0 aromatic heterocycles. The van der Waals surface area contributed by atoms with E-state index in [1.165, 1.54) is 7.11 Å². The fourth-order valence-corrected chi connectivity index (χ4v) is 5.08. The predicted octanol–water partition coefficient (Wildman–Crippen LogP) is 5.47. The third-order valence-electron chi connectivity index (χ3n) is 5.22. The van der Waals surface area contributed by atoms with E-state index in [9.17, 15) is 8.42 Å². The van der Waals surface area contributed by atoms with Crippen LogP contribution in [0.3, 0.4) is 0 Å². The van der Waals surface area contributed by atoms with Gasteiger partial charge >= 0.3 is 0 Å². The van der Waals surface area contributed by atoms with Crippen LogP contribution in [0.25, 0.3) is 0 Å². The van der Waals surface area contributed by atoms with Crippen molar-refractivity contribution in [3.05, 3.63) is 71.3 Å². The molecule has 0 spiro atoms. The van der Waals surface area contributed by atoms with E-state index in [2.05, 4.69) is 5.16 Å². The van der Waals surface area contributed by atoms with Crippen molar-refractivity contribution < 1.29 is 22.7 Å². The Morgan fingerprint density at radius 2 is 1.71 bits per heavy atom. The molecular weight excluding hydrogens is 450 g/mol. The highest BCUT2D eigenvalue weighted by atomic mass is 32.2. The molecule has 0 N–H and O–H groups in total. The highest BCUT2D eigenvalue weighted by Gasteiger charge is 2.16. The first kappa shape index (κ1) is 27.4. The number of unbranched alkanes of at least 4 members (excludes halogenated alkanes) is 2. The normalized spacial score (nSPS) is 12.2. The maximum absolute atomic E-state index is 12.6. The zero-order valence-electron chi connectivity index (χ0n) is 20.7. The van der Waals surface area contributed by atoms with Gasteiger partial charge in [0.1, 0.15) is 25.2 Å². The summed E-state index contributed by atoms with van der Waals surface area (Å²) in [6.07, 6.45) is 6.53. The number of hydrogen-bond acceptors (Lipinski definition) is 6. The number of nitrogens with zero attached hydrogens (tertiary/aromatic N) is 1. The molecule has 0 bridgehead atoms. The van der Waals surface area contributed by atoms with Gasteiger partial charge in [-0.15, -0.1) is 0 Å². The highest BCUT2D eigenvalue weighted by Crippen LogP contribution is 2.28. The van der Waals surface area contributed by atoms with E-state index in [1.807, 2.05) is 75.4 Å². The molecule has 0 heterocycles. The van der Waals surface area contributed by atoms with Crippen LogP contribution in [0.5, 0.6) is 11.5 Å². The molecule has 2 aromatic rings. The monoisotopic (exact) mass is 487 g/mol. The van der Waals surface area contributed by atoms with E-state index in [4.69, 9.17) is 14.3 Å². The molecule has 0 aliphatic carbocycles.